The quantitative estimate of drug-likeness (QED) is 0.0696. The van der Waals surface area contributed by atoms with E-state index in [-0.39, 0.29) is 0 Å². The first kappa shape index (κ1) is 34.5. The first-order valence-corrected chi connectivity index (χ1v) is 16.7. The average molecular weight is 489 g/mol. The van der Waals surface area contributed by atoms with Crippen LogP contribution in [-0.4, -0.2) is 0 Å². The Morgan fingerprint density at radius 2 is 0.400 bits per heavy atom. The summed E-state index contributed by atoms with van der Waals surface area (Å²) in [7, 11) is 0. The summed E-state index contributed by atoms with van der Waals surface area (Å²) in [6.45, 7) is 4.59. The predicted octanol–water partition coefficient (Wildman–Crippen LogP) is 13.5. The highest BCUT2D eigenvalue weighted by Crippen LogP contribution is 2.14. The van der Waals surface area contributed by atoms with Crippen LogP contribution in [0.2, 0.25) is 0 Å². The van der Waals surface area contributed by atoms with Gasteiger partial charge in [-0.3, -0.25) is 0 Å². The van der Waals surface area contributed by atoms with E-state index in [2.05, 4.69) is 38.2 Å². The lowest BCUT2D eigenvalue weighted by atomic mass is 10.0. The maximum Gasteiger partial charge on any atom is -0.0351 e. The van der Waals surface area contributed by atoms with E-state index >= 15 is 0 Å². The van der Waals surface area contributed by atoms with E-state index in [1.807, 2.05) is 0 Å². The Morgan fingerprint density at radius 1 is 0.229 bits per heavy atom. The Balaban J connectivity index is 3.09. The lowest BCUT2D eigenvalue weighted by molar-refractivity contribution is 0.534. The molecule has 0 nitrogen and oxygen atoms in total. The van der Waals surface area contributed by atoms with Crippen LogP contribution in [0.25, 0.3) is 0 Å². The lowest BCUT2D eigenvalue weighted by Crippen LogP contribution is -1.83. The van der Waals surface area contributed by atoms with Crippen molar-refractivity contribution < 1.29 is 0 Å². The monoisotopic (exact) mass is 489 g/mol. The maximum atomic E-state index is 2.45. The second-order valence-corrected chi connectivity index (χ2v) is 11.2. The topological polar surface area (TPSA) is 0 Å². The van der Waals surface area contributed by atoms with Crippen molar-refractivity contribution in [3.05, 3.63) is 24.3 Å². The molecule has 0 saturated heterocycles. The van der Waals surface area contributed by atoms with Crippen molar-refractivity contribution in [2.45, 2.75) is 200 Å². The fourth-order valence-electron chi connectivity index (χ4n) is 5.03. The Hall–Kier alpha value is -0.520. The molecule has 0 aliphatic rings. The van der Waals surface area contributed by atoms with Crippen molar-refractivity contribution in [1.82, 2.24) is 0 Å². The summed E-state index contributed by atoms with van der Waals surface area (Å²) in [5, 5.41) is 0. The van der Waals surface area contributed by atoms with Crippen molar-refractivity contribution in [1.29, 1.82) is 0 Å². The zero-order valence-electron chi connectivity index (χ0n) is 24.8. The molecular weight excluding hydrogens is 420 g/mol. The van der Waals surface area contributed by atoms with E-state index in [0.717, 1.165) is 0 Å². The van der Waals surface area contributed by atoms with Crippen molar-refractivity contribution in [3.63, 3.8) is 0 Å². The molecule has 0 rings (SSSR count). The zero-order valence-corrected chi connectivity index (χ0v) is 24.8. The number of hydrogen-bond donors (Lipinski definition) is 0. The van der Waals surface area contributed by atoms with Crippen LogP contribution >= 0.6 is 0 Å². The number of hydrogen-bond acceptors (Lipinski definition) is 0. The summed E-state index contributed by atoms with van der Waals surface area (Å²) in [4.78, 5) is 0. The molecule has 0 aromatic rings. The minimum absolute atomic E-state index is 1.30. The van der Waals surface area contributed by atoms with Gasteiger partial charge in [0, 0.05) is 0 Å². The molecule has 0 N–H and O–H groups in total. The average Bonchev–Trinajstić information content (AvgIpc) is 2.87. The van der Waals surface area contributed by atoms with Crippen molar-refractivity contribution in [2.24, 2.45) is 0 Å². The van der Waals surface area contributed by atoms with Crippen LogP contribution in [0.15, 0.2) is 24.3 Å². The molecule has 208 valence electrons. The van der Waals surface area contributed by atoms with Gasteiger partial charge in [-0.25, -0.2) is 0 Å². The van der Waals surface area contributed by atoms with Crippen LogP contribution in [-0.2, 0) is 0 Å². The molecule has 0 saturated carbocycles. The molecule has 0 spiro atoms. The third kappa shape index (κ3) is 33.5. The molecule has 0 aliphatic heterocycles. The Morgan fingerprint density at radius 3 is 0.629 bits per heavy atom. The Kier molecular flexibility index (Phi) is 33.0. The molecule has 0 unspecified atom stereocenters. The van der Waals surface area contributed by atoms with Gasteiger partial charge in [0.1, 0.15) is 0 Å². The van der Waals surface area contributed by atoms with E-state index in [0.29, 0.717) is 0 Å². The van der Waals surface area contributed by atoms with Crippen molar-refractivity contribution in [3.8, 4) is 0 Å². The predicted molar refractivity (Wildman–Crippen MR) is 164 cm³/mol. The van der Waals surface area contributed by atoms with Gasteiger partial charge in [-0.05, 0) is 51.4 Å². The van der Waals surface area contributed by atoms with Gasteiger partial charge in [0.05, 0.1) is 0 Å². The first-order valence-electron chi connectivity index (χ1n) is 16.7. The smallest absolute Gasteiger partial charge is 0.0351 e. The van der Waals surface area contributed by atoms with Crippen LogP contribution in [0.3, 0.4) is 0 Å². The minimum Gasteiger partial charge on any atom is -0.0885 e. The van der Waals surface area contributed by atoms with Crippen molar-refractivity contribution >= 4 is 0 Å². The largest absolute Gasteiger partial charge is 0.0885 e. The molecule has 0 heteroatoms. The van der Waals surface area contributed by atoms with Crippen LogP contribution in [0.1, 0.15) is 200 Å². The van der Waals surface area contributed by atoms with Crippen LogP contribution in [0, 0.1) is 0 Å². The van der Waals surface area contributed by atoms with E-state index in [9.17, 15) is 0 Å². The zero-order chi connectivity index (χ0) is 25.3. The Bertz CT molecular complexity index is 404. The van der Waals surface area contributed by atoms with Gasteiger partial charge in [-0.15, -0.1) is 0 Å². The third-order valence-electron chi connectivity index (χ3n) is 7.52. The van der Waals surface area contributed by atoms with E-state index in [1.165, 1.54) is 186 Å². The van der Waals surface area contributed by atoms with Crippen LogP contribution in [0.4, 0.5) is 0 Å². The molecule has 0 atom stereocenters. The summed E-state index contributed by atoms with van der Waals surface area (Å²) >= 11 is 0. The summed E-state index contributed by atoms with van der Waals surface area (Å²) in [6.07, 6.45) is 50.9. The third-order valence-corrected chi connectivity index (χ3v) is 7.52. The summed E-state index contributed by atoms with van der Waals surface area (Å²) in [5.74, 6) is 0. The number of allylic oxidation sites excluding steroid dienone is 4. The van der Waals surface area contributed by atoms with Gasteiger partial charge < -0.3 is 0 Å². The molecule has 0 aliphatic carbocycles. The van der Waals surface area contributed by atoms with Gasteiger partial charge >= 0.3 is 0 Å². The molecule has 0 heterocycles. The van der Waals surface area contributed by atoms with Gasteiger partial charge in [-0.2, -0.15) is 0 Å². The standard InChI is InChI=1S/C35H68/c1-3-5-7-9-11-13-15-17-19-21-23-25-27-29-31-33-35-34-32-30-28-26-24-22-20-18-16-14-12-10-8-6-4-2/h13,15,20,22H,3-12,14,16-19,21,23-35H2,1-2H3. The molecule has 0 aromatic heterocycles. The maximum absolute atomic E-state index is 2.45. The second kappa shape index (κ2) is 33.5. The second-order valence-electron chi connectivity index (χ2n) is 11.2. The lowest BCUT2D eigenvalue weighted by Gasteiger charge is -2.03. The molecule has 0 radical (unpaired) electrons. The normalized spacial score (nSPS) is 11.9. The first-order chi connectivity index (χ1) is 17.4. The fraction of sp³-hybridized carbons (Fsp3) is 0.886. The molecule has 0 aromatic carbocycles. The van der Waals surface area contributed by atoms with Gasteiger partial charge in [0.25, 0.3) is 0 Å². The van der Waals surface area contributed by atoms with E-state index < -0.39 is 0 Å². The fourth-order valence-corrected chi connectivity index (χ4v) is 5.03. The molecule has 0 fully saturated rings. The van der Waals surface area contributed by atoms with Gasteiger partial charge in [-0.1, -0.05) is 173 Å². The summed E-state index contributed by atoms with van der Waals surface area (Å²) < 4.78 is 0. The SMILES string of the molecule is CCCCCCC=CCCCCCCCCCCCCCCCCC=CCCCCCCCCC. The molecule has 35 heavy (non-hydrogen) atoms. The van der Waals surface area contributed by atoms with Crippen molar-refractivity contribution in [2.75, 3.05) is 0 Å². The Labute approximate surface area is 224 Å². The van der Waals surface area contributed by atoms with Crippen LogP contribution in [0.5, 0.6) is 0 Å². The molecule has 0 bridgehead atoms. The number of unbranched alkanes of at least 4 members (excludes halogenated alkanes) is 26. The van der Waals surface area contributed by atoms with E-state index in [1.54, 1.807) is 0 Å². The number of rotatable bonds is 30. The van der Waals surface area contributed by atoms with Crippen LogP contribution < -0.4 is 0 Å². The molecular formula is C35H68. The highest BCUT2D eigenvalue weighted by Gasteiger charge is 1.95. The summed E-state index contributed by atoms with van der Waals surface area (Å²) in [6, 6.07) is 0. The molecule has 0 amide bonds. The minimum atomic E-state index is 1.30. The highest BCUT2D eigenvalue weighted by molar-refractivity contribution is 4.82. The van der Waals surface area contributed by atoms with Gasteiger partial charge in [0.15, 0.2) is 0 Å². The highest BCUT2D eigenvalue weighted by atomic mass is 14.0. The van der Waals surface area contributed by atoms with E-state index in [4.69, 9.17) is 0 Å². The summed E-state index contributed by atoms with van der Waals surface area (Å²) in [5.41, 5.74) is 0. The van der Waals surface area contributed by atoms with Gasteiger partial charge in [0.2, 0.25) is 0 Å².